The topological polar surface area (TPSA) is 75.6 Å². The number of hydrogen-bond acceptors (Lipinski definition) is 5. The van der Waals surface area contributed by atoms with Crippen LogP contribution in [-0.2, 0) is 9.59 Å². The van der Waals surface area contributed by atoms with Crippen LogP contribution in [0.4, 0.5) is 0 Å². The van der Waals surface area contributed by atoms with E-state index in [0.29, 0.717) is 31.2 Å². The molecule has 0 aromatic carbocycles. The van der Waals surface area contributed by atoms with E-state index in [-0.39, 0.29) is 23.8 Å². The minimum absolute atomic E-state index is 0.0459. The zero-order chi connectivity index (χ0) is 16.4. The summed E-state index contributed by atoms with van der Waals surface area (Å²) >= 11 is 0. The smallest absolute Gasteiger partial charge is 0.228 e. The van der Waals surface area contributed by atoms with Crippen molar-refractivity contribution in [2.75, 3.05) is 26.7 Å². The lowest BCUT2D eigenvalue weighted by molar-refractivity contribution is -0.138. The maximum absolute atomic E-state index is 12.6. The average molecular weight is 318 g/mol. The molecule has 0 N–H and O–H groups in total. The van der Waals surface area contributed by atoms with Gasteiger partial charge in [0.1, 0.15) is 11.9 Å². The van der Waals surface area contributed by atoms with Crippen molar-refractivity contribution in [3.63, 3.8) is 0 Å². The van der Waals surface area contributed by atoms with Crippen LogP contribution < -0.4 is 4.74 Å². The first-order valence-corrected chi connectivity index (χ1v) is 8.02. The number of ether oxygens (including phenoxy) is 1. The van der Waals surface area contributed by atoms with E-state index in [1.807, 2.05) is 11.8 Å². The van der Waals surface area contributed by atoms with E-state index in [1.165, 1.54) is 0 Å². The van der Waals surface area contributed by atoms with Gasteiger partial charge in [0.05, 0.1) is 12.5 Å². The molecule has 2 aliphatic heterocycles. The number of likely N-dealkylation sites (tertiary alicyclic amines) is 2. The van der Waals surface area contributed by atoms with Crippen LogP contribution in [0.1, 0.15) is 25.1 Å². The number of nitrogens with zero attached hydrogens (tertiary/aromatic N) is 4. The Morgan fingerprint density at radius 2 is 2.22 bits per heavy atom. The Balaban J connectivity index is 1.60. The molecule has 2 unspecified atom stereocenters. The van der Waals surface area contributed by atoms with E-state index in [0.717, 1.165) is 19.4 Å². The molecule has 2 saturated heterocycles. The molecule has 3 heterocycles. The van der Waals surface area contributed by atoms with Gasteiger partial charge in [0, 0.05) is 38.8 Å². The Morgan fingerprint density at radius 3 is 2.91 bits per heavy atom. The van der Waals surface area contributed by atoms with Crippen molar-refractivity contribution < 1.29 is 14.3 Å². The minimum Gasteiger partial charge on any atom is -0.472 e. The number of hydrogen-bond donors (Lipinski definition) is 0. The molecule has 0 saturated carbocycles. The van der Waals surface area contributed by atoms with Crippen LogP contribution >= 0.6 is 0 Å². The van der Waals surface area contributed by atoms with Gasteiger partial charge in [-0.25, -0.2) is 4.98 Å². The molecule has 23 heavy (non-hydrogen) atoms. The second kappa shape index (κ2) is 6.52. The van der Waals surface area contributed by atoms with Crippen molar-refractivity contribution in [1.82, 2.24) is 19.8 Å². The molecular formula is C16H22N4O3. The zero-order valence-electron chi connectivity index (χ0n) is 13.6. The van der Waals surface area contributed by atoms with Gasteiger partial charge >= 0.3 is 0 Å². The summed E-state index contributed by atoms with van der Waals surface area (Å²) in [5, 5.41) is 0. The van der Waals surface area contributed by atoms with Crippen molar-refractivity contribution in [2.24, 2.45) is 5.92 Å². The maximum Gasteiger partial charge on any atom is 0.228 e. The molecule has 1 aromatic heterocycles. The van der Waals surface area contributed by atoms with Gasteiger partial charge < -0.3 is 14.5 Å². The van der Waals surface area contributed by atoms with Crippen molar-refractivity contribution in [3.05, 3.63) is 18.1 Å². The molecule has 2 aliphatic rings. The summed E-state index contributed by atoms with van der Waals surface area (Å²) in [5.74, 6) is 1.11. The molecule has 0 radical (unpaired) electrons. The fraction of sp³-hybridized carbons (Fsp3) is 0.625. The molecule has 124 valence electrons. The van der Waals surface area contributed by atoms with Gasteiger partial charge in [-0.05, 0) is 19.8 Å². The maximum atomic E-state index is 12.6. The van der Waals surface area contributed by atoms with Gasteiger partial charge in [0.15, 0.2) is 0 Å². The number of piperidine rings is 1. The number of aromatic nitrogens is 2. The predicted octanol–water partition coefficient (Wildman–Crippen LogP) is 0.633. The van der Waals surface area contributed by atoms with Gasteiger partial charge in [-0.3, -0.25) is 9.59 Å². The van der Waals surface area contributed by atoms with Gasteiger partial charge in [-0.1, -0.05) is 0 Å². The first-order valence-electron chi connectivity index (χ1n) is 8.02. The third-order valence-corrected chi connectivity index (χ3v) is 4.42. The number of rotatable bonds is 3. The molecule has 7 heteroatoms. The molecular weight excluding hydrogens is 296 g/mol. The molecule has 3 rings (SSSR count). The highest BCUT2D eigenvalue weighted by Gasteiger charge is 2.36. The van der Waals surface area contributed by atoms with E-state index >= 15 is 0 Å². The van der Waals surface area contributed by atoms with Crippen molar-refractivity contribution >= 4 is 11.8 Å². The number of carbonyl (C=O) groups is 2. The summed E-state index contributed by atoms with van der Waals surface area (Å²) in [7, 11) is 1.75. The van der Waals surface area contributed by atoms with E-state index in [4.69, 9.17) is 4.74 Å². The van der Waals surface area contributed by atoms with E-state index in [2.05, 4.69) is 9.97 Å². The van der Waals surface area contributed by atoms with Crippen LogP contribution in [0, 0.1) is 12.8 Å². The van der Waals surface area contributed by atoms with Crippen LogP contribution in [0.25, 0.3) is 0 Å². The van der Waals surface area contributed by atoms with Gasteiger partial charge in [0.25, 0.3) is 0 Å². The third-order valence-electron chi connectivity index (χ3n) is 4.42. The standard InChI is InChI=1S/C16H22N4O3/c1-11-17-6-5-14(18-11)23-13-4-3-7-20(10-13)16(22)12-8-15(21)19(2)9-12/h5-6,12-13H,3-4,7-10H2,1-2H3. The lowest BCUT2D eigenvalue weighted by atomic mass is 10.0. The summed E-state index contributed by atoms with van der Waals surface area (Å²) < 4.78 is 5.90. The van der Waals surface area contributed by atoms with Crippen molar-refractivity contribution in [1.29, 1.82) is 0 Å². The molecule has 7 nitrogen and oxygen atoms in total. The Labute approximate surface area is 135 Å². The first kappa shape index (κ1) is 15.7. The van der Waals surface area contributed by atoms with E-state index < -0.39 is 0 Å². The lowest BCUT2D eigenvalue weighted by Crippen LogP contribution is -2.47. The highest BCUT2D eigenvalue weighted by Crippen LogP contribution is 2.22. The first-order chi connectivity index (χ1) is 11.0. The Hall–Kier alpha value is -2.18. The normalized spacial score (nSPS) is 24.9. The average Bonchev–Trinajstić information content (AvgIpc) is 2.86. The number of aryl methyl sites for hydroxylation is 1. The van der Waals surface area contributed by atoms with Crippen LogP contribution in [0.2, 0.25) is 0 Å². The summed E-state index contributed by atoms with van der Waals surface area (Å²) in [6.07, 6.45) is 3.73. The van der Waals surface area contributed by atoms with Crippen LogP contribution in [0.15, 0.2) is 12.3 Å². The highest BCUT2D eigenvalue weighted by molar-refractivity contribution is 5.89. The Kier molecular flexibility index (Phi) is 4.45. The van der Waals surface area contributed by atoms with Crippen LogP contribution in [0.5, 0.6) is 5.88 Å². The number of carbonyl (C=O) groups excluding carboxylic acids is 2. The van der Waals surface area contributed by atoms with Crippen LogP contribution in [-0.4, -0.2) is 64.4 Å². The van der Waals surface area contributed by atoms with Crippen LogP contribution in [0.3, 0.4) is 0 Å². The summed E-state index contributed by atoms with van der Waals surface area (Å²) in [6.45, 7) is 3.62. The van der Waals surface area contributed by atoms with Crippen molar-refractivity contribution in [2.45, 2.75) is 32.3 Å². The largest absolute Gasteiger partial charge is 0.472 e. The molecule has 0 aliphatic carbocycles. The van der Waals surface area contributed by atoms with Gasteiger partial charge in [0.2, 0.25) is 17.7 Å². The predicted molar refractivity (Wildman–Crippen MR) is 82.7 cm³/mol. The third kappa shape index (κ3) is 3.60. The number of amides is 2. The second-order valence-electron chi connectivity index (χ2n) is 6.28. The van der Waals surface area contributed by atoms with E-state index in [1.54, 1.807) is 24.2 Å². The fourth-order valence-corrected chi connectivity index (χ4v) is 3.19. The SMILES string of the molecule is Cc1nccc(OC2CCCN(C(=O)C3CC(=O)N(C)C3)C2)n1. The van der Waals surface area contributed by atoms with Gasteiger partial charge in [-0.15, -0.1) is 0 Å². The summed E-state index contributed by atoms with van der Waals surface area (Å²) in [5.41, 5.74) is 0. The minimum atomic E-state index is -0.215. The molecule has 0 spiro atoms. The Morgan fingerprint density at radius 1 is 1.39 bits per heavy atom. The molecule has 2 amide bonds. The monoisotopic (exact) mass is 318 g/mol. The quantitative estimate of drug-likeness (QED) is 0.817. The Bertz CT molecular complexity index is 607. The fourth-order valence-electron chi connectivity index (χ4n) is 3.19. The molecule has 2 fully saturated rings. The van der Waals surface area contributed by atoms with Gasteiger partial charge in [-0.2, -0.15) is 4.98 Å². The van der Waals surface area contributed by atoms with Crippen molar-refractivity contribution in [3.8, 4) is 5.88 Å². The zero-order valence-corrected chi connectivity index (χ0v) is 13.6. The van der Waals surface area contributed by atoms with E-state index in [9.17, 15) is 9.59 Å². The second-order valence-corrected chi connectivity index (χ2v) is 6.28. The lowest BCUT2D eigenvalue weighted by Gasteiger charge is -2.34. The molecule has 1 aromatic rings. The highest BCUT2D eigenvalue weighted by atomic mass is 16.5. The summed E-state index contributed by atoms with van der Waals surface area (Å²) in [4.78, 5) is 36.0. The molecule has 0 bridgehead atoms. The summed E-state index contributed by atoms with van der Waals surface area (Å²) in [6, 6.07) is 1.73. The molecule has 2 atom stereocenters.